The summed E-state index contributed by atoms with van der Waals surface area (Å²) in [6.07, 6.45) is 3.24. The van der Waals surface area contributed by atoms with E-state index < -0.39 is 10.0 Å². The molecule has 140 valence electrons. The summed E-state index contributed by atoms with van der Waals surface area (Å²) in [5, 5.41) is 2.87. The molecule has 0 bridgehead atoms. The number of aryl methyl sites for hydroxylation is 4. The van der Waals surface area contributed by atoms with Crippen LogP contribution >= 0.6 is 0 Å². The van der Waals surface area contributed by atoms with Gasteiger partial charge in [0.25, 0.3) is 5.91 Å². The summed E-state index contributed by atoms with van der Waals surface area (Å²) in [4.78, 5) is 17.2. The average Bonchev–Trinajstić information content (AvgIpc) is 3.20. The second kappa shape index (κ2) is 6.85. The maximum atomic E-state index is 12.7. The van der Waals surface area contributed by atoms with E-state index in [-0.39, 0.29) is 10.8 Å². The van der Waals surface area contributed by atoms with E-state index in [0.717, 1.165) is 29.8 Å². The topological polar surface area (TPSA) is 84.3 Å². The first-order valence-electron chi connectivity index (χ1n) is 8.63. The Morgan fingerprint density at radius 3 is 2.42 bits per heavy atom. The first-order chi connectivity index (χ1) is 12.2. The molecule has 2 aromatic rings. The summed E-state index contributed by atoms with van der Waals surface area (Å²) < 4.78 is 28.4. The van der Waals surface area contributed by atoms with Crippen LogP contribution in [0.3, 0.4) is 0 Å². The van der Waals surface area contributed by atoms with Crippen LogP contribution in [0.2, 0.25) is 0 Å². The van der Waals surface area contributed by atoms with Crippen LogP contribution in [-0.4, -0.2) is 41.3 Å². The molecule has 0 radical (unpaired) electrons. The van der Waals surface area contributed by atoms with E-state index in [1.807, 2.05) is 26.8 Å². The fourth-order valence-electron chi connectivity index (χ4n) is 3.37. The first kappa shape index (κ1) is 18.6. The minimum Gasteiger partial charge on any atom is -0.345 e. The molecule has 0 aliphatic carbocycles. The van der Waals surface area contributed by atoms with Crippen LogP contribution in [0.4, 0.5) is 5.69 Å². The van der Waals surface area contributed by atoms with E-state index in [4.69, 9.17) is 0 Å². The molecule has 1 amide bonds. The van der Waals surface area contributed by atoms with Gasteiger partial charge in [0.15, 0.2) is 0 Å². The summed E-state index contributed by atoms with van der Waals surface area (Å²) in [5.74, 6) is -0.354. The molecular weight excluding hydrogens is 352 g/mol. The van der Waals surface area contributed by atoms with Crippen molar-refractivity contribution in [1.82, 2.24) is 13.9 Å². The normalized spacial score (nSPS) is 15.4. The molecular formula is C18H24N4O3S. The number of hydrogen-bond acceptors (Lipinski definition) is 4. The number of rotatable bonds is 4. The first-order valence-corrected chi connectivity index (χ1v) is 10.1. The zero-order chi connectivity index (χ0) is 19.1. The predicted molar refractivity (Wildman–Crippen MR) is 99.8 cm³/mol. The molecule has 0 aromatic carbocycles. The molecule has 2 aromatic heterocycles. The number of carbonyl (C=O) groups is 1. The minimum absolute atomic E-state index is 0.155. The summed E-state index contributed by atoms with van der Waals surface area (Å²) in [6.45, 7) is 6.71. The number of aromatic nitrogens is 2. The maximum Gasteiger partial charge on any atom is 0.272 e. The van der Waals surface area contributed by atoms with Gasteiger partial charge in [0.05, 0.1) is 11.4 Å². The fraction of sp³-hybridized carbons (Fsp3) is 0.444. The molecule has 0 saturated carbocycles. The second-order valence-electron chi connectivity index (χ2n) is 6.78. The van der Waals surface area contributed by atoms with Gasteiger partial charge in [0, 0.05) is 32.0 Å². The van der Waals surface area contributed by atoms with Gasteiger partial charge in [-0.3, -0.25) is 9.78 Å². The molecule has 3 heterocycles. The monoisotopic (exact) mass is 376 g/mol. The van der Waals surface area contributed by atoms with Crippen LogP contribution in [0.5, 0.6) is 0 Å². The predicted octanol–water partition coefficient (Wildman–Crippen LogP) is 2.38. The fourth-order valence-corrected chi connectivity index (χ4v) is 4.96. The Labute approximate surface area is 154 Å². The third-order valence-electron chi connectivity index (χ3n) is 4.68. The smallest absolute Gasteiger partial charge is 0.272 e. The Balaban J connectivity index is 1.89. The lowest BCUT2D eigenvalue weighted by Gasteiger charge is -2.13. The zero-order valence-electron chi connectivity index (χ0n) is 15.5. The van der Waals surface area contributed by atoms with Crippen molar-refractivity contribution in [2.75, 3.05) is 18.4 Å². The van der Waals surface area contributed by atoms with Crippen LogP contribution in [-0.2, 0) is 17.1 Å². The highest BCUT2D eigenvalue weighted by atomic mass is 32.2. The Kier molecular flexibility index (Phi) is 4.90. The standard InChI is InChI=1S/C18H24N4O3S/c1-12-9-13(2)19-14(3)17(12)20-18(23)16-10-15(11-21(16)4)26(24,25)22-7-5-6-8-22/h9-11H,5-8H2,1-4H3,(H,20,23). The molecule has 0 spiro atoms. The third kappa shape index (κ3) is 3.39. The quantitative estimate of drug-likeness (QED) is 0.888. The zero-order valence-corrected chi connectivity index (χ0v) is 16.4. The van der Waals surface area contributed by atoms with Crippen molar-refractivity contribution in [2.45, 2.75) is 38.5 Å². The lowest BCUT2D eigenvalue weighted by molar-refractivity contribution is 0.101. The summed E-state index contributed by atoms with van der Waals surface area (Å²) in [6, 6.07) is 3.34. The number of pyridine rings is 1. The van der Waals surface area contributed by atoms with Crippen molar-refractivity contribution < 1.29 is 13.2 Å². The maximum absolute atomic E-state index is 12.7. The van der Waals surface area contributed by atoms with Gasteiger partial charge >= 0.3 is 0 Å². The van der Waals surface area contributed by atoms with Crippen molar-refractivity contribution in [2.24, 2.45) is 7.05 Å². The molecule has 1 saturated heterocycles. The highest BCUT2D eigenvalue weighted by Crippen LogP contribution is 2.24. The number of nitrogens with one attached hydrogen (secondary N) is 1. The largest absolute Gasteiger partial charge is 0.345 e. The number of carbonyl (C=O) groups excluding carboxylic acids is 1. The second-order valence-corrected chi connectivity index (χ2v) is 8.72. The van der Waals surface area contributed by atoms with E-state index in [9.17, 15) is 13.2 Å². The van der Waals surface area contributed by atoms with Crippen molar-refractivity contribution in [3.63, 3.8) is 0 Å². The molecule has 0 atom stereocenters. The van der Waals surface area contributed by atoms with Gasteiger partial charge < -0.3 is 9.88 Å². The molecule has 1 fully saturated rings. The third-order valence-corrected chi connectivity index (χ3v) is 6.54. The molecule has 26 heavy (non-hydrogen) atoms. The van der Waals surface area contributed by atoms with Crippen LogP contribution < -0.4 is 5.32 Å². The van der Waals surface area contributed by atoms with Gasteiger partial charge in [0.1, 0.15) is 10.6 Å². The van der Waals surface area contributed by atoms with Crippen LogP contribution in [0.1, 0.15) is 40.3 Å². The van der Waals surface area contributed by atoms with Gasteiger partial charge in [-0.05, 0) is 51.3 Å². The van der Waals surface area contributed by atoms with Crippen molar-refractivity contribution in [1.29, 1.82) is 0 Å². The summed E-state index contributed by atoms with van der Waals surface area (Å²) in [7, 11) is -1.88. The molecule has 8 heteroatoms. The highest BCUT2D eigenvalue weighted by Gasteiger charge is 2.29. The number of nitrogens with zero attached hydrogens (tertiary/aromatic N) is 3. The van der Waals surface area contributed by atoms with E-state index in [1.54, 1.807) is 11.6 Å². The number of hydrogen-bond donors (Lipinski definition) is 1. The van der Waals surface area contributed by atoms with E-state index >= 15 is 0 Å². The van der Waals surface area contributed by atoms with Crippen LogP contribution in [0, 0.1) is 20.8 Å². The van der Waals surface area contributed by atoms with E-state index in [2.05, 4.69) is 10.3 Å². The van der Waals surface area contributed by atoms with E-state index in [1.165, 1.54) is 16.6 Å². The molecule has 7 nitrogen and oxygen atoms in total. The van der Waals surface area contributed by atoms with Gasteiger partial charge in [-0.1, -0.05) is 0 Å². The highest BCUT2D eigenvalue weighted by molar-refractivity contribution is 7.89. The number of sulfonamides is 1. The van der Waals surface area contributed by atoms with Crippen LogP contribution in [0.25, 0.3) is 0 Å². The summed E-state index contributed by atoms with van der Waals surface area (Å²) >= 11 is 0. The molecule has 1 aliphatic rings. The van der Waals surface area contributed by atoms with Gasteiger partial charge in [-0.15, -0.1) is 0 Å². The molecule has 0 unspecified atom stereocenters. The minimum atomic E-state index is -3.55. The molecule has 1 N–H and O–H groups in total. The van der Waals surface area contributed by atoms with Gasteiger partial charge in [-0.25, -0.2) is 8.42 Å². The van der Waals surface area contributed by atoms with Gasteiger partial charge in [0.2, 0.25) is 10.0 Å². The number of amides is 1. The van der Waals surface area contributed by atoms with Crippen LogP contribution in [0.15, 0.2) is 23.2 Å². The molecule has 1 aliphatic heterocycles. The van der Waals surface area contributed by atoms with Crippen molar-refractivity contribution in [3.05, 3.63) is 41.0 Å². The Bertz CT molecular complexity index is 934. The SMILES string of the molecule is Cc1cc(C)c(NC(=O)c2cc(S(=O)(=O)N3CCCC3)cn2C)c(C)n1. The van der Waals surface area contributed by atoms with Gasteiger partial charge in [-0.2, -0.15) is 4.31 Å². The average molecular weight is 376 g/mol. The lowest BCUT2D eigenvalue weighted by atomic mass is 10.1. The van der Waals surface area contributed by atoms with E-state index in [0.29, 0.717) is 24.5 Å². The Morgan fingerprint density at radius 2 is 1.81 bits per heavy atom. The van der Waals surface area contributed by atoms with Crippen molar-refractivity contribution >= 4 is 21.6 Å². The Morgan fingerprint density at radius 1 is 1.15 bits per heavy atom. The van der Waals surface area contributed by atoms with Crippen molar-refractivity contribution in [3.8, 4) is 0 Å². The lowest BCUT2D eigenvalue weighted by Crippen LogP contribution is -2.27. The number of anilines is 1. The summed E-state index contributed by atoms with van der Waals surface area (Å²) in [5.41, 5.74) is 3.49. The molecule has 3 rings (SSSR count). The Hall–Kier alpha value is -2.19.